The lowest BCUT2D eigenvalue weighted by molar-refractivity contribution is 0.303. The number of nitrogens with one attached hydrogen (secondary N) is 1. The third kappa shape index (κ3) is 2.74. The van der Waals surface area contributed by atoms with E-state index in [0.717, 1.165) is 24.2 Å². The second-order valence-corrected chi connectivity index (χ2v) is 5.15. The molecule has 0 aliphatic heterocycles. The number of hydrogen-bond donors (Lipinski definition) is 1. The van der Waals surface area contributed by atoms with Crippen molar-refractivity contribution in [3.05, 3.63) is 58.9 Å². The van der Waals surface area contributed by atoms with Crippen LogP contribution in [0, 0.1) is 11.3 Å². The Balaban J connectivity index is 1.77. The summed E-state index contributed by atoms with van der Waals surface area (Å²) in [7, 11) is 1.99. The maximum atomic E-state index is 8.87. The van der Waals surface area contributed by atoms with Crippen molar-refractivity contribution in [1.82, 2.24) is 10.3 Å². The van der Waals surface area contributed by atoms with E-state index in [1.807, 2.05) is 31.3 Å². The van der Waals surface area contributed by atoms with Gasteiger partial charge in [0.25, 0.3) is 0 Å². The SMILES string of the molecule is CNC1CCc2c(OCc3ccnc(C#N)c3)cccc21. The van der Waals surface area contributed by atoms with Crippen LogP contribution in [0.25, 0.3) is 0 Å². The molecule has 0 bridgehead atoms. The second-order valence-electron chi connectivity index (χ2n) is 5.15. The van der Waals surface area contributed by atoms with Crippen LogP contribution in [0.4, 0.5) is 0 Å². The Morgan fingerprint density at radius 3 is 3.14 bits per heavy atom. The molecule has 1 aliphatic carbocycles. The first kappa shape index (κ1) is 13.6. The Bertz CT molecular complexity index is 691. The highest BCUT2D eigenvalue weighted by Crippen LogP contribution is 2.36. The Morgan fingerprint density at radius 1 is 1.43 bits per heavy atom. The van der Waals surface area contributed by atoms with Crippen LogP contribution < -0.4 is 10.1 Å². The third-order valence-corrected chi connectivity index (χ3v) is 3.91. The monoisotopic (exact) mass is 279 g/mol. The Kier molecular flexibility index (Phi) is 3.85. The first-order chi connectivity index (χ1) is 10.3. The molecule has 0 amide bonds. The molecule has 0 saturated carbocycles. The Labute approximate surface area is 124 Å². The molecule has 4 nitrogen and oxygen atoms in total. The highest BCUT2D eigenvalue weighted by Gasteiger charge is 2.23. The fraction of sp³-hybridized carbons (Fsp3) is 0.294. The molecule has 4 heteroatoms. The fourth-order valence-corrected chi connectivity index (χ4v) is 2.84. The van der Waals surface area contributed by atoms with Crippen molar-refractivity contribution in [2.24, 2.45) is 0 Å². The molecule has 21 heavy (non-hydrogen) atoms. The number of ether oxygens (including phenoxy) is 1. The number of fused-ring (bicyclic) bond motifs is 1. The first-order valence-electron chi connectivity index (χ1n) is 7.08. The van der Waals surface area contributed by atoms with Gasteiger partial charge >= 0.3 is 0 Å². The van der Waals surface area contributed by atoms with Gasteiger partial charge in [0.05, 0.1) is 0 Å². The van der Waals surface area contributed by atoms with E-state index < -0.39 is 0 Å². The van der Waals surface area contributed by atoms with Crippen molar-refractivity contribution in [2.45, 2.75) is 25.5 Å². The van der Waals surface area contributed by atoms with Gasteiger partial charge in [-0.15, -0.1) is 0 Å². The van der Waals surface area contributed by atoms with Crippen molar-refractivity contribution in [1.29, 1.82) is 5.26 Å². The molecule has 0 radical (unpaired) electrons. The van der Waals surface area contributed by atoms with Gasteiger partial charge in [0.2, 0.25) is 0 Å². The number of aromatic nitrogens is 1. The van der Waals surface area contributed by atoms with Crippen LogP contribution in [-0.2, 0) is 13.0 Å². The summed E-state index contributed by atoms with van der Waals surface area (Å²) in [5, 5.41) is 12.2. The molecule has 1 atom stereocenters. The molecule has 3 rings (SSSR count). The van der Waals surface area contributed by atoms with Gasteiger partial charge in [-0.3, -0.25) is 0 Å². The van der Waals surface area contributed by atoms with E-state index in [2.05, 4.69) is 16.4 Å². The van der Waals surface area contributed by atoms with Gasteiger partial charge < -0.3 is 10.1 Å². The summed E-state index contributed by atoms with van der Waals surface area (Å²) in [5.74, 6) is 0.945. The number of pyridine rings is 1. The van der Waals surface area contributed by atoms with Crippen LogP contribution >= 0.6 is 0 Å². The normalized spacial score (nSPS) is 16.3. The van der Waals surface area contributed by atoms with Gasteiger partial charge in [-0.05, 0) is 54.8 Å². The van der Waals surface area contributed by atoms with E-state index in [-0.39, 0.29) is 0 Å². The third-order valence-electron chi connectivity index (χ3n) is 3.91. The van der Waals surface area contributed by atoms with Crippen LogP contribution in [-0.4, -0.2) is 12.0 Å². The summed E-state index contributed by atoms with van der Waals surface area (Å²) in [5.41, 5.74) is 4.01. The first-order valence-corrected chi connectivity index (χ1v) is 7.08. The van der Waals surface area contributed by atoms with Crippen molar-refractivity contribution in [3.8, 4) is 11.8 Å². The van der Waals surface area contributed by atoms with Crippen LogP contribution in [0.5, 0.6) is 5.75 Å². The quantitative estimate of drug-likeness (QED) is 0.935. The zero-order chi connectivity index (χ0) is 14.7. The van der Waals surface area contributed by atoms with E-state index >= 15 is 0 Å². The van der Waals surface area contributed by atoms with E-state index in [9.17, 15) is 0 Å². The highest BCUT2D eigenvalue weighted by molar-refractivity contribution is 5.45. The van der Waals surface area contributed by atoms with Gasteiger partial charge in [-0.1, -0.05) is 12.1 Å². The number of nitrogens with zero attached hydrogens (tertiary/aromatic N) is 2. The van der Waals surface area contributed by atoms with Crippen molar-refractivity contribution < 1.29 is 4.74 Å². The lowest BCUT2D eigenvalue weighted by Gasteiger charge is -2.13. The Hall–Kier alpha value is -2.38. The van der Waals surface area contributed by atoms with E-state index in [0.29, 0.717) is 18.3 Å². The van der Waals surface area contributed by atoms with Gasteiger partial charge in [-0.2, -0.15) is 5.26 Å². The molecule has 0 spiro atoms. The predicted molar refractivity (Wildman–Crippen MR) is 79.8 cm³/mol. The molecular weight excluding hydrogens is 262 g/mol. The average molecular weight is 279 g/mol. The molecule has 1 heterocycles. The summed E-state index contributed by atoms with van der Waals surface area (Å²) in [6.45, 7) is 0.456. The molecule has 0 fully saturated rings. The van der Waals surface area contributed by atoms with Crippen molar-refractivity contribution in [2.75, 3.05) is 7.05 Å². The number of benzene rings is 1. The molecule has 1 N–H and O–H groups in total. The molecule has 2 aromatic rings. The minimum atomic E-state index is 0.421. The number of rotatable bonds is 4. The number of nitriles is 1. The summed E-state index contributed by atoms with van der Waals surface area (Å²) in [6.07, 6.45) is 3.79. The zero-order valence-corrected chi connectivity index (χ0v) is 12.0. The maximum absolute atomic E-state index is 8.87. The predicted octanol–water partition coefficient (Wildman–Crippen LogP) is 2.74. The minimum absolute atomic E-state index is 0.421. The smallest absolute Gasteiger partial charge is 0.140 e. The van der Waals surface area contributed by atoms with E-state index in [1.54, 1.807) is 12.3 Å². The van der Waals surface area contributed by atoms with Crippen LogP contribution in [0.3, 0.4) is 0 Å². The van der Waals surface area contributed by atoms with Crippen molar-refractivity contribution >= 4 is 0 Å². The fourth-order valence-electron chi connectivity index (χ4n) is 2.84. The standard InChI is InChI=1S/C17H17N3O/c1-19-16-6-5-15-14(16)3-2-4-17(15)21-11-12-7-8-20-13(9-12)10-18/h2-4,7-9,16,19H,5-6,11H2,1H3. The molecule has 1 aromatic heterocycles. The Morgan fingerprint density at radius 2 is 2.33 bits per heavy atom. The molecule has 0 saturated heterocycles. The van der Waals surface area contributed by atoms with Gasteiger partial charge in [0.15, 0.2) is 0 Å². The summed E-state index contributed by atoms with van der Waals surface area (Å²) < 4.78 is 5.96. The highest BCUT2D eigenvalue weighted by atomic mass is 16.5. The maximum Gasteiger partial charge on any atom is 0.140 e. The van der Waals surface area contributed by atoms with Crippen molar-refractivity contribution in [3.63, 3.8) is 0 Å². The van der Waals surface area contributed by atoms with Gasteiger partial charge in [0.1, 0.15) is 24.1 Å². The molecular formula is C17H17N3O. The summed E-state index contributed by atoms with van der Waals surface area (Å²) in [6, 6.07) is 12.3. The van der Waals surface area contributed by atoms with Crippen LogP contribution in [0.1, 0.15) is 34.8 Å². The zero-order valence-electron chi connectivity index (χ0n) is 12.0. The second kappa shape index (κ2) is 5.94. The lowest BCUT2D eigenvalue weighted by Crippen LogP contribution is -2.12. The lowest BCUT2D eigenvalue weighted by atomic mass is 10.1. The topological polar surface area (TPSA) is 57.9 Å². The van der Waals surface area contributed by atoms with E-state index in [4.69, 9.17) is 10.00 Å². The van der Waals surface area contributed by atoms with Crippen LogP contribution in [0.15, 0.2) is 36.5 Å². The summed E-state index contributed by atoms with van der Waals surface area (Å²) >= 11 is 0. The molecule has 106 valence electrons. The minimum Gasteiger partial charge on any atom is -0.489 e. The van der Waals surface area contributed by atoms with E-state index in [1.165, 1.54) is 11.1 Å². The largest absolute Gasteiger partial charge is 0.489 e. The molecule has 1 unspecified atom stereocenters. The average Bonchev–Trinajstić information content (AvgIpc) is 2.96. The van der Waals surface area contributed by atoms with Gasteiger partial charge in [0, 0.05) is 12.2 Å². The number of hydrogen-bond acceptors (Lipinski definition) is 4. The molecule has 1 aromatic carbocycles. The van der Waals surface area contributed by atoms with Gasteiger partial charge in [-0.25, -0.2) is 4.98 Å². The summed E-state index contributed by atoms with van der Waals surface area (Å²) in [4.78, 5) is 3.97. The molecule has 1 aliphatic rings. The van der Waals surface area contributed by atoms with Crippen LogP contribution in [0.2, 0.25) is 0 Å².